The first-order chi connectivity index (χ1) is 14.4. The van der Waals surface area contributed by atoms with E-state index < -0.39 is 0 Å². The summed E-state index contributed by atoms with van der Waals surface area (Å²) in [5, 5.41) is 15.7. The number of nitrogens with one attached hydrogen (secondary N) is 1. The summed E-state index contributed by atoms with van der Waals surface area (Å²) in [6.07, 6.45) is 7.71. The number of ether oxygens (including phenoxy) is 1. The van der Waals surface area contributed by atoms with Gasteiger partial charge >= 0.3 is 0 Å². The van der Waals surface area contributed by atoms with Crippen molar-refractivity contribution in [2.24, 2.45) is 16.4 Å². The molecule has 1 aliphatic carbocycles. The van der Waals surface area contributed by atoms with Crippen LogP contribution in [0.25, 0.3) is 10.2 Å². The number of aromatic nitrogens is 2. The number of aromatic hydroxyl groups is 1. The number of phenols is 1. The number of para-hydroxylation sites is 1. The molecule has 7 heteroatoms. The molecule has 2 aromatic heterocycles. The van der Waals surface area contributed by atoms with Crippen molar-refractivity contribution < 1.29 is 9.84 Å². The number of phenolic OH excluding ortho intramolecular Hbond substituents is 1. The summed E-state index contributed by atoms with van der Waals surface area (Å²) in [5.74, 6) is 1.85. The number of methoxy groups -OCH3 is 1. The molecule has 0 amide bonds. The first-order valence-corrected chi connectivity index (χ1v) is 11.2. The second-order valence-electron chi connectivity index (χ2n) is 8.46. The molecule has 158 valence electrons. The maximum atomic E-state index is 10.2. The Morgan fingerprint density at radius 1 is 1.37 bits per heavy atom. The van der Waals surface area contributed by atoms with E-state index in [9.17, 15) is 5.11 Å². The number of benzene rings is 1. The van der Waals surface area contributed by atoms with Crippen LogP contribution < -0.4 is 10.2 Å². The van der Waals surface area contributed by atoms with Gasteiger partial charge in [-0.2, -0.15) is 5.10 Å². The molecular formula is C23H28N4O2S. The lowest BCUT2D eigenvalue weighted by Crippen LogP contribution is -2.28. The highest BCUT2D eigenvalue weighted by Gasteiger charge is 2.33. The zero-order valence-corrected chi connectivity index (χ0v) is 18.7. The van der Waals surface area contributed by atoms with E-state index in [4.69, 9.17) is 4.74 Å². The molecule has 0 saturated carbocycles. The van der Waals surface area contributed by atoms with Gasteiger partial charge < -0.3 is 9.84 Å². The molecule has 6 nitrogen and oxygen atoms in total. The number of nitrogens with zero attached hydrogens (tertiary/aromatic N) is 3. The van der Waals surface area contributed by atoms with Crippen LogP contribution in [-0.4, -0.2) is 28.4 Å². The van der Waals surface area contributed by atoms with E-state index in [-0.39, 0.29) is 5.75 Å². The number of rotatable bonds is 6. The molecule has 0 spiro atoms. The van der Waals surface area contributed by atoms with E-state index in [0.29, 0.717) is 28.5 Å². The van der Waals surface area contributed by atoms with Gasteiger partial charge in [0, 0.05) is 10.4 Å². The first kappa shape index (κ1) is 20.6. The van der Waals surface area contributed by atoms with Gasteiger partial charge in [0.05, 0.1) is 18.7 Å². The number of hydrogen-bond acceptors (Lipinski definition) is 7. The topological polar surface area (TPSA) is 79.6 Å². The lowest BCUT2D eigenvalue weighted by molar-refractivity contribution is 0.184. The fourth-order valence-corrected chi connectivity index (χ4v) is 5.30. The van der Waals surface area contributed by atoms with Gasteiger partial charge in [-0.15, -0.1) is 11.3 Å². The summed E-state index contributed by atoms with van der Waals surface area (Å²) >= 11 is 1.77. The van der Waals surface area contributed by atoms with Crippen molar-refractivity contribution in [3.05, 3.63) is 40.5 Å². The number of hydrazone groups is 1. The van der Waals surface area contributed by atoms with Crippen LogP contribution >= 0.6 is 11.3 Å². The summed E-state index contributed by atoms with van der Waals surface area (Å²) in [5.41, 5.74) is 5.34. The largest absolute Gasteiger partial charge is 0.504 e. The highest BCUT2D eigenvalue weighted by atomic mass is 32.1. The quantitative estimate of drug-likeness (QED) is 0.409. The highest BCUT2D eigenvalue weighted by Crippen LogP contribution is 2.45. The zero-order chi connectivity index (χ0) is 21.3. The van der Waals surface area contributed by atoms with Gasteiger partial charge in [0.15, 0.2) is 17.3 Å². The fraction of sp³-hybridized carbons (Fsp3) is 0.435. The minimum atomic E-state index is 0.0657. The van der Waals surface area contributed by atoms with Crippen LogP contribution in [0.4, 0.5) is 5.82 Å². The van der Waals surface area contributed by atoms with E-state index in [1.807, 2.05) is 6.07 Å². The SMILES string of the molecule is CCC(C)(C)C1CCc2sc3ncnc(N/N=C/c4cccc(OC)c4O)c3c2C1. The molecule has 1 aliphatic rings. The molecule has 0 radical (unpaired) electrons. The van der Waals surface area contributed by atoms with Crippen LogP contribution in [0, 0.1) is 11.3 Å². The van der Waals surface area contributed by atoms with Crippen molar-refractivity contribution in [2.45, 2.75) is 46.5 Å². The van der Waals surface area contributed by atoms with Crippen molar-refractivity contribution in [3.63, 3.8) is 0 Å². The molecular weight excluding hydrogens is 396 g/mol. The molecule has 2 N–H and O–H groups in total. The molecule has 1 aromatic carbocycles. The third kappa shape index (κ3) is 3.74. The van der Waals surface area contributed by atoms with Crippen molar-refractivity contribution in [1.82, 2.24) is 9.97 Å². The number of aryl methyl sites for hydroxylation is 1. The smallest absolute Gasteiger partial charge is 0.166 e. The molecule has 3 aromatic rings. The minimum Gasteiger partial charge on any atom is -0.504 e. The average Bonchev–Trinajstić information content (AvgIpc) is 3.13. The zero-order valence-electron chi connectivity index (χ0n) is 17.9. The number of thiophene rings is 1. The van der Waals surface area contributed by atoms with Gasteiger partial charge in [-0.1, -0.05) is 33.3 Å². The molecule has 0 saturated heterocycles. The van der Waals surface area contributed by atoms with E-state index >= 15 is 0 Å². The molecule has 4 rings (SSSR count). The van der Waals surface area contributed by atoms with Gasteiger partial charge in [-0.3, -0.25) is 5.43 Å². The Morgan fingerprint density at radius 3 is 2.97 bits per heavy atom. The van der Waals surface area contributed by atoms with Gasteiger partial charge in [0.25, 0.3) is 0 Å². The monoisotopic (exact) mass is 424 g/mol. The third-order valence-electron chi connectivity index (χ3n) is 6.48. The maximum absolute atomic E-state index is 10.2. The summed E-state index contributed by atoms with van der Waals surface area (Å²) < 4.78 is 5.16. The molecule has 1 atom stereocenters. The van der Waals surface area contributed by atoms with Crippen LogP contribution in [-0.2, 0) is 12.8 Å². The average molecular weight is 425 g/mol. The number of fused-ring (bicyclic) bond motifs is 3. The van der Waals surface area contributed by atoms with Crippen molar-refractivity contribution in [3.8, 4) is 11.5 Å². The predicted molar refractivity (Wildman–Crippen MR) is 123 cm³/mol. The number of anilines is 1. The summed E-state index contributed by atoms with van der Waals surface area (Å²) in [6.45, 7) is 7.02. The second kappa shape index (κ2) is 8.22. The van der Waals surface area contributed by atoms with Crippen LogP contribution in [0.1, 0.15) is 49.6 Å². The Morgan fingerprint density at radius 2 is 2.20 bits per heavy atom. The Balaban J connectivity index is 1.64. The lowest BCUT2D eigenvalue weighted by Gasteiger charge is -2.36. The first-order valence-electron chi connectivity index (χ1n) is 10.3. The second-order valence-corrected chi connectivity index (χ2v) is 9.54. The normalized spacial score (nSPS) is 16.7. The Kier molecular flexibility index (Phi) is 5.64. The van der Waals surface area contributed by atoms with E-state index in [1.54, 1.807) is 36.0 Å². The van der Waals surface area contributed by atoms with Crippen molar-refractivity contribution in [2.75, 3.05) is 12.5 Å². The maximum Gasteiger partial charge on any atom is 0.166 e. The van der Waals surface area contributed by atoms with Crippen molar-refractivity contribution >= 4 is 33.6 Å². The molecule has 0 aliphatic heterocycles. The fourth-order valence-electron chi connectivity index (χ4n) is 4.12. The summed E-state index contributed by atoms with van der Waals surface area (Å²) in [7, 11) is 1.53. The van der Waals surface area contributed by atoms with Crippen molar-refractivity contribution in [1.29, 1.82) is 0 Å². The molecule has 0 fully saturated rings. The summed E-state index contributed by atoms with van der Waals surface area (Å²) in [6, 6.07) is 5.30. The predicted octanol–water partition coefficient (Wildman–Crippen LogP) is 5.39. The van der Waals surface area contributed by atoms with E-state index in [2.05, 4.69) is 41.3 Å². The van der Waals surface area contributed by atoms with Crippen LogP contribution in [0.5, 0.6) is 11.5 Å². The molecule has 1 unspecified atom stereocenters. The highest BCUT2D eigenvalue weighted by molar-refractivity contribution is 7.19. The summed E-state index contributed by atoms with van der Waals surface area (Å²) in [4.78, 5) is 11.4. The minimum absolute atomic E-state index is 0.0657. The van der Waals surface area contributed by atoms with Gasteiger partial charge in [-0.25, -0.2) is 9.97 Å². The number of hydrogen-bond donors (Lipinski definition) is 2. The Hall–Kier alpha value is -2.67. The van der Waals surface area contributed by atoms with Crippen LogP contribution in [0.2, 0.25) is 0 Å². The van der Waals surface area contributed by atoms with Crippen LogP contribution in [0.3, 0.4) is 0 Å². The van der Waals surface area contributed by atoms with Gasteiger partial charge in [0.1, 0.15) is 11.2 Å². The Labute approximate surface area is 181 Å². The Bertz CT molecular complexity index is 1090. The van der Waals surface area contributed by atoms with Gasteiger partial charge in [-0.05, 0) is 48.3 Å². The standard InChI is InChI=1S/C23H28N4O2S/c1-5-23(2,3)15-9-10-18-16(11-15)19-21(24-13-25-22(19)30-18)27-26-12-14-7-6-8-17(29-4)20(14)28/h6-8,12-13,15,28H,5,9-11H2,1-4H3,(H,24,25,27)/b26-12+. The molecule has 30 heavy (non-hydrogen) atoms. The molecule has 0 bridgehead atoms. The third-order valence-corrected chi connectivity index (χ3v) is 7.68. The van der Waals surface area contributed by atoms with E-state index in [0.717, 1.165) is 23.1 Å². The lowest BCUT2D eigenvalue weighted by atomic mass is 9.69. The van der Waals surface area contributed by atoms with Crippen LogP contribution in [0.15, 0.2) is 29.6 Å². The molecule has 2 heterocycles. The van der Waals surface area contributed by atoms with E-state index in [1.165, 1.54) is 30.4 Å². The van der Waals surface area contributed by atoms with Gasteiger partial charge in [0.2, 0.25) is 0 Å².